The van der Waals surface area contributed by atoms with Crippen LogP contribution in [0.15, 0.2) is 40.2 Å². The lowest BCUT2D eigenvalue weighted by atomic mass is 10.2. The van der Waals surface area contributed by atoms with Crippen molar-refractivity contribution in [3.8, 4) is 5.75 Å². The van der Waals surface area contributed by atoms with Gasteiger partial charge in [-0.25, -0.2) is 14.3 Å². The fourth-order valence-electron chi connectivity index (χ4n) is 3.79. The molecule has 0 atom stereocenters. The molecule has 9 heteroatoms. The second kappa shape index (κ2) is 7.75. The molecular weight excluding hydrogens is 372 g/mol. The Kier molecular flexibility index (Phi) is 5.14. The smallest absolute Gasteiger partial charge is 0.333 e. The predicted octanol–water partition coefficient (Wildman–Crippen LogP) is 0.612. The predicted molar refractivity (Wildman–Crippen MR) is 112 cm³/mol. The number of aryl methyl sites for hydroxylation is 2. The lowest BCUT2D eigenvalue weighted by molar-refractivity contribution is 0.198. The van der Waals surface area contributed by atoms with Crippen molar-refractivity contribution in [2.45, 2.75) is 13.6 Å². The van der Waals surface area contributed by atoms with Gasteiger partial charge in [-0.15, -0.1) is 0 Å². The van der Waals surface area contributed by atoms with Gasteiger partial charge < -0.3 is 14.2 Å². The van der Waals surface area contributed by atoms with E-state index in [0.29, 0.717) is 17.8 Å². The molecule has 9 nitrogen and oxygen atoms in total. The number of piperazine rings is 1. The molecule has 3 heterocycles. The van der Waals surface area contributed by atoms with E-state index in [9.17, 15) is 9.59 Å². The van der Waals surface area contributed by atoms with E-state index in [1.165, 1.54) is 9.13 Å². The first-order chi connectivity index (χ1) is 14.0. The normalized spacial score (nSPS) is 15.2. The zero-order valence-electron chi connectivity index (χ0n) is 17.0. The number of rotatable bonds is 5. The lowest BCUT2D eigenvalue weighted by Crippen LogP contribution is -2.50. The maximum Gasteiger partial charge on any atom is 0.333 e. The third kappa shape index (κ3) is 3.53. The summed E-state index contributed by atoms with van der Waals surface area (Å²) in [5.41, 5.74) is 1.38. The molecular formula is C20H26N6O3. The zero-order chi connectivity index (χ0) is 20.5. The van der Waals surface area contributed by atoms with Gasteiger partial charge in [0, 0.05) is 46.0 Å². The van der Waals surface area contributed by atoms with Gasteiger partial charge in [-0.2, -0.15) is 0 Å². The number of anilines is 1. The second-order valence-electron chi connectivity index (χ2n) is 7.28. The van der Waals surface area contributed by atoms with Gasteiger partial charge in [-0.05, 0) is 31.2 Å². The molecule has 0 N–H and O–H groups in total. The van der Waals surface area contributed by atoms with Crippen LogP contribution in [0.3, 0.4) is 0 Å². The summed E-state index contributed by atoms with van der Waals surface area (Å²) in [6.07, 6.45) is 1.56. The molecule has 0 aliphatic carbocycles. The molecule has 1 fully saturated rings. The number of nitrogens with zero attached hydrogens (tertiary/aromatic N) is 6. The summed E-state index contributed by atoms with van der Waals surface area (Å²) < 4.78 is 9.90. The second-order valence-corrected chi connectivity index (χ2v) is 7.28. The molecule has 1 aromatic carbocycles. The Morgan fingerprint density at radius 3 is 2.38 bits per heavy atom. The van der Waals surface area contributed by atoms with Crippen molar-refractivity contribution in [3.05, 3.63) is 51.4 Å². The van der Waals surface area contributed by atoms with Crippen LogP contribution in [0.4, 0.5) is 5.69 Å². The Bertz CT molecular complexity index is 1120. The minimum atomic E-state index is -0.338. The van der Waals surface area contributed by atoms with Crippen LogP contribution in [0.2, 0.25) is 0 Å². The molecule has 1 aliphatic rings. The van der Waals surface area contributed by atoms with Gasteiger partial charge in [0.05, 0.1) is 19.6 Å². The van der Waals surface area contributed by atoms with E-state index in [4.69, 9.17) is 4.74 Å². The third-order valence-electron chi connectivity index (χ3n) is 5.43. The highest BCUT2D eigenvalue weighted by Gasteiger charge is 2.21. The SMILES string of the molecule is CCOc1ccc(N2CCN(Cn3c(=O)c4c(ncn4C)n(C)c3=O)CC2)cc1. The number of hydrogen-bond donors (Lipinski definition) is 0. The van der Waals surface area contributed by atoms with Gasteiger partial charge in [0.1, 0.15) is 5.75 Å². The topological polar surface area (TPSA) is 77.5 Å². The van der Waals surface area contributed by atoms with Crippen molar-refractivity contribution < 1.29 is 4.74 Å². The van der Waals surface area contributed by atoms with Crippen LogP contribution < -0.4 is 20.9 Å². The highest BCUT2D eigenvalue weighted by atomic mass is 16.5. The van der Waals surface area contributed by atoms with Gasteiger partial charge in [-0.3, -0.25) is 14.3 Å². The standard InChI is InChI=1S/C20H26N6O3/c1-4-29-16-7-5-15(6-8-16)25-11-9-24(10-12-25)14-26-19(27)17-18(21-13-22(17)2)23(3)20(26)28/h5-8,13H,4,9-12,14H2,1-3H3. The van der Waals surface area contributed by atoms with Gasteiger partial charge in [0.25, 0.3) is 5.56 Å². The van der Waals surface area contributed by atoms with Crippen LogP contribution in [-0.4, -0.2) is 56.4 Å². The number of ether oxygens (including phenoxy) is 1. The first-order valence-corrected chi connectivity index (χ1v) is 9.80. The molecule has 3 aromatic rings. The van der Waals surface area contributed by atoms with Gasteiger partial charge >= 0.3 is 5.69 Å². The molecule has 0 amide bonds. The van der Waals surface area contributed by atoms with Crippen molar-refractivity contribution in [1.82, 2.24) is 23.6 Å². The molecule has 29 heavy (non-hydrogen) atoms. The molecule has 1 saturated heterocycles. The molecule has 4 rings (SSSR count). The van der Waals surface area contributed by atoms with Crippen molar-refractivity contribution >= 4 is 16.9 Å². The maximum atomic E-state index is 12.9. The summed E-state index contributed by atoms with van der Waals surface area (Å²) in [5.74, 6) is 0.871. The molecule has 0 unspecified atom stereocenters. The minimum Gasteiger partial charge on any atom is -0.494 e. The first-order valence-electron chi connectivity index (χ1n) is 9.80. The van der Waals surface area contributed by atoms with E-state index < -0.39 is 0 Å². The van der Waals surface area contributed by atoms with Crippen LogP contribution >= 0.6 is 0 Å². The average molecular weight is 398 g/mol. The average Bonchev–Trinajstić information content (AvgIpc) is 3.13. The monoisotopic (exact) mass is 398 g/mol. The summed E-state index contributed by atoms with van der Waals surface area (Å²) in [6.45, 7) is 6.11. The Labute approximate surface area is 168 Å². The molecule has 2 aromatic heterocycles. The van der Waals surface area contributed by atoms with Crippen LogP contribution in [-0.2, 0) is 20.8 Å². The summed E-state index contributed by atoms with van der Waals surface area (Å²) in [7, 11) is 3.42. The number of aromatic nitrogens is 4. The fraction of sp³-hybridized carbons (Fsp3) is 0.450. The molecule has 0 spiro atoms. The molecule has 154 valence electrons. The van der Waals surface area contributed by atoms with E-state index >= 15 is 0 Å². The van der Waals surface area contributed by atoms with Gasteiger partial charge in [0.15, 0.2) is 11.2 Å². The summed E-state index contributed by atoms with van der Waals surface area (Å²) in [6, 6.07) is 8.10. The van der Waals surface area contributed by atoms with Gasteiger partial charge in [0.2, 0.25) is 0 Å². The van der Waals surface area contributed by atoms with E-state index in [0.717, 1.165) is 37.6 Å². The quantitative estimate of drug-likeness (QED) is 0.627. The highest BCUT2D eigenvalue weighted by molar-refractivity contribution is 5.69. The number of fused-ring (bicyclic) bond motifs is 1. The zero-order valence-corrected chi connectivity index (χ0v) is 17.0. The molecule has 1 aliphatic heterocycles. The van der Waals surface area contributed by atoms with Crippen molar-refractivity contribution in [1.29, 1.82) is 0 Å². The maximum absolute atomic E-state index is 12.9. The summed E-state index contributed by atoms with van der Waals surface area (Å²) >= 11 is 0. The number of benzene rings is 1. The largest absolute Gasteiger partial charge is 0.494 e. The number of hydrogen-bond acceptors (Lipinski definition) is 6. The van der Waals surface area contributed by atoms with Crippen LogP contribution in [0.1, 0.15) is 6.92 Å². The Hall–Kier alpha value is -3.07. The molecule has 0 saturated carbocycles. The highest BCUT2D eigenvalue weighted by Crippen LogP contribution is 2.20. The Morgan fingerprint density at radius 2 is 1.72 bits per heavy atom. The number of imidazole rings is 1. The van der Waals surface area contributed by atoms with Crippen LogP contribution in [0.25, 0.3) is 11.2 Å². The summed E-state index contributed by atoms with van der Waals surface area (Å²) in [4.78, 5) is 34.2. The van der Waals surface area contributed by atoms with Crippen LogP contribution in [0, 0.1) is 0 Å². The van der Waals surface area contributed by atoms with Crippen molar-refractivity contribution in [2.75, 3.05) is 37.7 Å². The minimum absolute atomic E-state index is 0.281. The lowest BCUT2D eigenvalue weighted by Gasteiger charge is -2.36. The Morgan fingerprint density at radius 1 is 1.03 bits per heavy atom. The third-order valence-corrected chi connectivity index (χ3v) is 5.43. The van der Waals surface area contributed by atoms with E-state index in [2.05, 4.69) is 26.9 Å². The molecule has 0 bridgehead atoms. The first kappa shape index (κ1) is 19.3. The van der Waals surface area contributed by atoms with Crippen molar-refractivity contribution in [3.63, 3.8) is 0 Å². The Balaban J connectivity index is 1.48. The summed E-state index contributed by atoms with van der Waals surface area (Å²) in [5, 5.41) is 0. The fourth-order valence-corrected chi connectivity index (χ4v) is 3.79. The van der Waals surface area contributed by atoms with Gasteiger partial charge in [-0.1, -0.05) is 0 Å². The van der Waals surface area contributed by atoms with E-state index in [1.807, 2.05) is 19.1 Å². The van der Waals surface area contributed by atoms with E-state index in [-0.39, 0.29) is 17.9 Å². The van der Waals surface area contributed by atoms with Crippen molar-refractivity contribution in [2.24, 2.45) is 14.1 Å². The van der Waals surface area contributed by atoms with Crippen LogP contribution in [0.5, 0.6) is 5.75 Å². The van der Waals surface area contributed by atoms with E-state index in [1.54, 1.807) is 25.0 Å². The molecule has 0 radical (unpaired) electrons.